The molecule has 0 saturated heterocycles. The van der Waals surface area contributed by atoms with Crippen molar-refractivity contribution >= 4 is 33.8 Å². The lowest BCUT2D eigenvalue weighted by molar-refractivity contribution is 1.28. The van der Waals surface area contributed by atoms with Crippen LogP contribution < -0.4 is 5.56 Å². The van der Waals surface area contributed by atoms with E-state index in [1.54, 1.807) is 0 Å². The molecule has 23 heavy (non-hydrogen) atoms. The van der Waals surface area contributed by atoms with Gasteiger partial charge >= 0.3 is 0 Å². The zero-order valence-corrected chi connectivity index (χ0v) is 13.5. The van der Waals surface area contributed by atoms with Crippen LogP contribution in [0.15, 0.2) is 64.8 Å². The topological polar surface area (TPSA) is 45.8 Å². The number of pyridine rings is 1. The van der Waals surface area contributed by atoms with Crippen LogP contribution >= 0.6 is 22.9 Å². The molecule has 0 bridgehead atoms. The average molecular weight is 339 g/mol. The summed E-state index contributed by atoms with van der Waals surface area (Å²) in [5.74, 6) is 0. The molecule has 0 amide bonds. The van der Waals surface area contributed by atoms with Crippen molar-refractivity contribution in [2.75, 3.05) is 0 Å². The molecule has 4 rings (SSSR count). The van der Waals surface area contributed by atoms with Gasteiger partial charge in [-0.2, -0.15) is 0 Å². The van der Waals surface area contributed by atoms with E-state index in [2.05, 4.69) is 9.97 Å². The lowest BCUT2D eigenvalue weighted by Crippen LogP contribution is -2.08. The van der Waals surface area contributed by atoms with Gasteiger partial charge in [0.1, 0.15) is 5.01 Å². The Labute approximate surface area is 141 Å². The highest BCUT2D eigenvalue weighted by atomic mass is 35.5. The number of aromatic nitrogens is 2. The van der Waals surface area contributed by atoms with Crippen molar-refractivity contribution in [3.63, 3.8) is 0 Å². The highest BCUT2D eigenvalue weighted by molar-refractivity contribution is 7.13. The van der Waals surface area contributed by atoms with Gasteiger partial charge < -0.3 is 4.98 Å². The quantitative estimate of drug-likeness (QED) is 0.560. The van der Waals surface area contributed by atoms with Crippen molar-refractivity contribution in [2.24, 2.45) is 0 Å². The number of hydrogen-bond donors (Lipinski definition) is 1. The first kappa shape index (κ1) is 14.2. The van der Waals surface area contributed by atoms with Gasteiger partial charge in [0.15, 0.2) is 0 Å². The van der Waals surface area contributed by atoms with E-state index in [-0.39, 0.29) is 5.56 Å². The molecule has 2 aromatic carbocycles. The number of H-pyrrole nitrogens is 1. The number of halogens is 1. The smallest absolute Gasteiger partial charge is 0.257 e. The first-order valence-corrected chi connectivity index (χ1v) is 8.30. The van der Waals surface area contributed by atoms with Gasteiger partial charge in [0.2, 0.25) is 0 Å². The minimum absolute atomic E-state index is 0.128. The summed E-state index contributed by atoms with van der Waals surface area (Å²) in [5.41, 5.74) is 2.96. The number of benzene rings is 2. The molecule has 112 valence electrons. The molecule has 2 aromatic heterocycles. The Hall–Kier alpha value is -2.43. The molecule has 0 aliphatic heterocycles. The number of nitrogens with zero attached hydrogens (tertiary/aromatic N) is 1. The number of rotatable bonds is 2. The summed E-state index contributed by atoms with van der Waals surface area (Å²) >= 11 is 7.42. The molecule has 0 aliphatic rings. The first-order chi connectivity index (χ1) is 11.2. The summed E-state index contributed by atoms with van der Waals surface area (Å²) < 4.78 is 0. The van der Waals surface area contributed by atoms with Crippen molar-refractivity contribution in [3.8, 4) is 21.8 Å². The Balaban J connectivity index is 1.81. The third kappa shape index (κ3) is 2.67. The molecule has 0 spiro atoms. The van der Waals surface area contributed by atoms with Gasteiger partial charge in [0, 0.05) is 21.5 Å². The van der Waals surface area contributed by atoms with Crippen LogP contribution in [-0.4, -0.2) is 9.97 Å². The number of nitrogens with one attached hydrogen (secondary N) is 1. The third-order valence-corrected chi connectivity index (χ3v) is 4.77. The van der Waals surface area contributed by atoms with Crippen molar-refractivity contribution in [2.45, 2.75) is 0 Å². The molecule has 0 aliphatic carbocycles. The Morgan fingerprint density at radius 2 is 1.83 bits per heavy atom. The summed E-state index contributed by atoms with van der Waals surface area (Å²) in [6, 6.07) is 17.1. The fourth-order valence-corrected chi connectivity index (χ4v) is 3.41. The maximum absolute atomic E-state index is 12.3. The highest BCUT2D eigenvalue weighted by Gasteiger charge is 2.11. The predicted octanol–water partition coefficient (Wildman–Crippen LogP) is 4.97. The molecule has 1 N–H and O–H groups in total. The number of aromatic amines is 1. The second-order valence-corrected chi connectivity index (χ2v) is 6.44. The van der Waals surface area contributed by atoms with E-state index < -0.39 is 0 Å². The predicted molar refractivity (Wildman–Crippen MR) is 96.1 cm³/mol. The van der Waals surface area contributed by atoms with Crippen molar-refractivity contribution in [3.05, 3.63) is 75.4 Å². The molecule has 5 heteroatoms. The van der Waals surface area contributed by atoms with Crippen LogP contribution in [0.2, 0.25) is 5.02 Å². The van der Waals surface area contributed by atoms with Crippen LogP contribution in [0.4, 0.5) is 0 Å². The third-order valence-electron chi connectivity index (χ3n) is 3.62. The molecular weight excluding hydrogens is 328 g/mol. The maximum atomic E-state index is 12.3. The zero-order chi connectivity index (χ0) is 15.8. The number of hydrogen-bond acceptors (Lipinski definition) is 3. The van der Waals surface area contributed by atoms with Gasteiger partial charge in [-0.05, 0) is 29.7 Å². The summed E-state index contributed by atoms with van der Waals surface area (Å²) in [7, 11) is 0. The van der Waals surface area contributed by atoms with Crippen molar-refractivity contribution in [1.29, 1.82) is 0 Å². The second-order valence-electron chi connectivity index (χ2n) is 5.14. The van der Waals surface area contributed by atoms with E-state index in [0.29, 0.717) is 16.3 Å². The average Bonchev–Trinajstić information content (AvgIpc) is 3.04. The molecule has 2 heterocycles. The summed E-state index contributed by atoms with van der Waals surface area (Å²) in [5, 5.41) is 4.45. The van der Waals surface area contributed by atoms with E-state index in [0.717, 1.165) is 21.5 Å². The standard InChI is InChI=1S/C18H11ClN2OS/c19-13-7-5-11(6-8-13)18-21-16(10-23-18)14-9-12-3-1-2-4-15(12)20-17(14)22/h1-10H,(H,20,22). The number of para-hydroxylation sites is 1. The van der Waals surface area contributed by atoms with Crippen molar-refractivity contribution < 1.29 is 0 Å². The molecule has 0 unspecified atom stereocenters. The first-order valence-electron chi connectivity index (χ1n) is 7.04. The Bertz CT molecular complexity index is 1050. The second kappa shape index (κ2) is 5.65. The Morgan fingerprint density at radius 3 is 2.65 bits per heavy atom. The fourth-order valence-electron chi connectivity index (χ4n) is 2.46. The normalized spacial score (nSPS) is 11.0. The maximum Gasteiger partial charge on any atom is 0.257 e. The Kier molecular flexibility index (Phi) is 3.48. The molecule has 0 fully saturated rings. The fraction of sp³-hybridized carbons (Fsp3) is 0. The molecule has 0 radical (unpaired) electrons. The lowest BCUT2D eigenvalue weighted by atomic mass is 10.1. The number of fused-ring (bicyclic) bond motifs is 1. The summed E-state index contributed by atoms with van der Waals surface area (Å²) in [6.07, 6.45) is 0. The van der Waals surface area contributed by atoms with Gasteiger partial charge in [0.25, 0.3) is 5.56 Å². The van der Waals surface area contributed by atoms with E-state index in [4.69, 9.17) is 11.6 Å². The zero-order valence-electron chi connectivity index (χ0n) is 11.9. The van der Waals surface area contributed by atoms with Crippen LogP contribution in [0, 0.1) is 0 Å². The van der Waals surface area contributed by atoms with E-state index in [9.17, 15) is 4.79 Å². The molecule has 0 saturated carbocycles. The van der Waals surface area contributed by atoms with Gasteiger partial charge in [0.05, 0.1) is 11.3 Å². The highest BCUT2D eigenvalue weighted by Crippen LogP contribution is 2.29. The van der Waals surface area contributed by atoms with Crippen LogP contribution in [0.5, 0.6) is 0 Å². The minimum atomic E-state index is -0.128. The van der Waals surface area contributed by atoms with Crippen molar-refractivity contribution in [1.82, 2.24) is 9.97 Å². The molecular formula is C18H11ClN2OS. The number of thiazole rings is 1. The van der Waals surface area contributed by atoms with Gasteiger partial charge in [-0.25, -0.2) is 4.98 Å². The minimum Gasteiger partial charge on any atom is -0.321 e. The Morgan fingerprint density at radius 1 is 1.04 bits per heavy atom. The van der Waals surface area contributed by atoms with E-state index in [1.807, 2.05) is 60.0 Å². The molecule has 3 nitrogen and oxygen atoms in total. The summed E-state index contributed by atoms with van der Waals surface area (Å²) in [6.45, 7) is 0. The monoisotopic (exact) mass is 338 g/mol. The molecule has 4 aromatic rings. The van der Waals surface area contributed by atoms with E-state index in [1.165, 1.54) is 11.3 Å². The SMILES string of the molecule is O=c1[nH]c2ccccc2cc1-c1csc(-c2ccc(Cl)cc2)n1. The lowest BCUT2D eigenvalue weighted by Gasteiger charge is -2.00. The largest absolute Gasteiger partial charge is 0.321 e. The van der Waals surface area contributed by atoms with Crippen LogP contribution in [0.3, 0.4) is 0 Å². The van der Waals surface area contributed by atoms with Crippen LogP contribution in [0.1, 0.15) is 0 Å². The van der Waals surface area contributed by atoms with Gasteiger partial charge in [-0.15, -0.1) is 11.3 Å². The van der Waals surface area contributed by atoms with Crippen LogP contribution in [-0.2, 0) is 0 Å². The van der Waals surface area contributed by atoms with Gasteiger partial charge in [-0.3, -0.25) is 4.79 Å². The van der Waals surface area contributed by atoms with Gasteiger partial charge in [-0.1, -0.05) is 41.9 Å². The van der Waals surface area contributed by atoms with E-state index >= 15 is 0 Å². The molecule has 0 atom stereocenters. The summed E-state index contributed by atoms with van der Waals surface area (Å²) in [4.78, 5) is 19.8. The van der Waals surface area contributed by atoms with Crippen LogP contribution in [0.25, 0.3) is 32.7 Å².